The fourth-order valence-corrected chi connectivity index (χ4v) is 2.23. The van der Waals surface area contributed by atoms with Crippen LogP contribution in [0, 0.1) is 0 Å². The van der Waals surface area contributed by atoms with E-state index in [0.717, 1.165) is 11.1 Å². The number of aryl methyl sites for hydroxylation is 1. The van der Waals surface area contributed by atoms with Crippen LogP contribution in [0.1, 0.15) is 17.2 Å². The maximum absolute atomic E-state index is 9.94. The molecule has 1 unspecified atom stereocenters. The number of aliphatic hydroxyl groups excluding tert-OH is 1. The topological polar surface area (TPSA) is 38.0 Å². The Morgan fingerprint density at radius 2 is 2.43 bits per heavy atom. The van der Waals surface area contributed by atoms with Gasteiger partial charge in [0.05, 0.1) is 10.5 Å². The normalized spacial score (nSPS) is 13.1. The first-order valence-electron chi connectivity index (χ1n) is 4.08. The van der Waals surface area contributed by atoms with Gasteiger partial charge in [0.25, 0.3) is 0 Å². The zero-order valence-electron chi connectivity index (χ0n) is 7.51. The van der Waals surface area contributed by atoms with E-state index in [9.17, 15) is 5.11 Å². The minimum Gasteiger partial charge on any atom is -0.383 e. The van der Waals surface area contributed by atoms with Crippen LogP contribution in [0.2, 0.25) is 4.34 Å². The Morgan fingerprint density at radius 1 is 1.64 bits per heavy atom. The van der Waals surface area contributed by atoms with Crippen molar-refractivity contribution in [1.29, 1.82) is 0 Å². The van der Waals surface area contributed by atoms with Crippen molar-refractivity contribution >= 4 is 22.9 Å². The third-order valence-corrected chi connectivity index (χ3v) is 3.18. The third kappa shape index (κ3) is 1.68. The zero-order valence-corrected chi connectivity index (χ0v) is 9.09. The van der Waals surface area contributed by atoms with Gasteiger partial charge in [0, 0.05) is 24.4 Å². The first kappa shape index (κ1) is 9.71. The molecule has 0 aliphatic heterocycles. The average molecular weight is 229 g/mol. The van der Waals surface area contributed by atoms with Gasteiger partial charge in [0.15, 0.2) is 0 Å². The second kappa shape index (κ2) is 3.73. The van der Waals surface area contributed by atoms with Crippen LogP contribution in [0.5, 0.6) is 0 Å². The van der Waals surface area contributed by atoms with Gasteiger partial charge < -0.3 is 5.11 Å². The van der Waals surface area contributed by atoms with Gasteiger partial charge in [-0.25, -0.2) is 0 Å². The van der Waals surface area contributed by atoms with E-state index in [4.69, 9.17) is 11.6 Å². The fraction of sp³-hybridized carbons (Fsp3) is 0.222. The molecule has 0 aromatic carbocycles. The summed E-state index contributed by atoms with van der Waals surface area (Å²) in [6.07, 6.45) is 2.74. The van der Waals surface area contributed by atoms with Crippen LogP contribution < -0.4 is 0 Å². The molecule has 0 fully saturated rings. The molecule has 2 heterocycles. The predicted octanol–water partition coefficient (Wildman–Crippen LogP) is 2.22. The summed E-state index contributed by atoms with van der Waals surface area (Å²) in [6.45, 7) is 0. The molecule has 2 aromatic rings. The second-order valence-electron chi connectivity index (χ2n) is 3.00. The Morgan fingerprint density at radius 3 is 2.93 bits per heavy atom. The van der Waals surface area contributed by atoms with Crippen molar-refractivity contribution in [3.63, 3.8) is 0 Å². The number of halogens is 1. The molecule has 0 saturated carbocycles. The monoisotopic (exact) mass is 228 g/mol. The van der Waals surface area contributed by atoms with Gasteiger partial charge in [0.2, 0.25) is 0 Å². The summed E-state index contributed by atoms with van der Waals surface area (Å²) >= 11 is 7.34. The number of rotatable bonds is 2. The highest BCUT2D eigenvalue weighted by Crippen LogP contribution is 2.31. The zero-order chi connectivity index (χ0) is 10.1. The summed E-state index contributed by atoms with van der Waals surface area (Å²) in [5.74, 6) is 0. The van der Waals surface area contributed by atoms with E-state index in [1.807, 2.05) is 18.5 Å². The van der Waals surface area contributed by atoms with E-state index >= 15 is 0 Å². The van der Waals surface area contributed by atoms with Gasteiger partial charge in [0.1, 0.15) is 6.10 Å². The first-order chi connectivity index (χ1) is 6.68. The Kier molecular flexibility index (Phi) is 2.58. The summed E-state index contributed by atoms with van der Waals surface area (Å²) in [6, 6.07) is 1.82. The summed E-state index contributed by atoms with van der Waals surface area (Å²) in [5.41, 5.74) is 1.50. The number of nitrogens with zero attached hydrogens (tertiary/aromatic N) is 2. The van der Waals surface area contributed by atoms with E-state index in [0.29, 0.717) is 4.34 Å². The lowest BCUT2D eigenvalue weighted by molar-refractivity contribution is 0.221. The quantitative estimate of drug-likeness (QED) is 0.856. The Balaban J connectivity index is 2.33. The van der Waals surface area contributed by atoms with E-state index in [-0.39, 0.29) is 0 Å². The minimum absolute atomic E-state index is 0.626. The standard InChI is InChI=1S/C9H9ClN2OS/c1-12-5-6(4-11-12)8(13)7-2-3-14-9(7)10/h2-5,8,13H,1H3. The van der Waals surface area contributed by atoms with Gasteiger partial charge in [-0.15, -0.1) is 11.3 Å². The second-order valence-corrected chi connectivity index (χ2v) is 4.52. The Labute approximate surface area is 90.6 Å². The van der Waals surface area contributed by atoms with Crippen LogP contribution >= 0.6 is 22.9 Å². The molecular formula is C9H9ClN2OS. The molecule has 2 rings (SSSR count). The van der Waals surface area contributed by atoms with Gasteiger partial charge in [-0.05, 0) is 11.4 Å². The number of hydrogen-bond acceptors (Lipinski definition) is 3. The maximum atomic E-state index is 9.94. The summed E-state index contributed by atoms with van der Waals surface area (Å²) in [4.78, 5) is 0. The molecule has 1 atom stereocenters. The van der Waals surface area contributed by atoms with Crippen LogP contribution in [0.15, 0.2) is 23.8 Å². The molecule has 0 aliphatic carbocycles. The number of aliphatic hydroxyl groups is 1. The van der Waals surface area contributed by atoms with Crippen molar-refractivity contribution in [2.45, 2.75) is 6.10 Å². The maximum Gasteiger partial charge on any atom is 0.109 e. The summed E-state index contributed by atoms with van der Waals surface area (Å²) in [7, 11) is 1.81. The average Bonchev–Trinajstić information content (AvgIpc) is 2.73. The number of aromatic nitrogens is 2. The Hall–Kier alpha value is -0.840. The fourth-order valence-electron chi connectivity index (χ4n) is 1.26. The van der Waals surface area contributed by atoms with Crippen LogP contribution in [-0.4, -0.2) is 14.9 Å². The largest absolute Gasteiger partial charge is 0.383 e. The van der Waals surface area contributed by atoms with Gasteiger partial charge in [-0.2, -0.15) is 5.10 Å². The first-order valence-corrected chi connectivity index (χ1v) is 5.33. The van der Waals surface area contributed by atoms with Gasteiger partial charge in [-0.1, -0.05) is 11.6 Å². The van der Waals surface area contributed by atoms with Crippen molar-refractivity contribution in [3.8, 4) is 0 Å². The minimum atomic E-state index is -0.678. The summed E-state index contributed by atoms with van der Waals surface area (Å²) < 4.78 is 2.28. The van der Waals surface area contributed by atoms with E-state index in [2.05, 4.69) is 5.10 Å². The highest BCUT2D eigenvalue weighted by Gasteiger charge is 2.15. The molecule has 0 spiro atoms. The van der Waals surface area contributed by atoms with E-state index in [1.165, 1.54) is 11.3 Å². The number of thiophene rings is 1. The van der Waals surface area contributed by atoms with Gasteiger partial charge >= 0.3 is 0 Å². The highest BCUT2D eigenvalue weighted by molar-refractivity contribution is 7.14. The highest BCUT2D eigenvalue weighted by atomic mass is 35.5. The van der Waals surface area contributed by atoms with Crippen molar-refractivity contribution in [2.75, 3.05) is 0 Å². The van der Waals surface area contributed by atoms with E-state index < -0.39 is 6.10 Å². The van der Waals surface area contributed by atoms with Crippen molar-refractivity contribution in [1.82, 2.24) is 9.78 Å². The SMILES string of the molecule is Cn1cc(C(O)c2ccsc2Cl)cn1. The molecule has 0 bridgehead atoms. The van der Waals surface area contributed by atoms with Crippen LogP contribution in [0.4, 0.5) is 0 Å². The van der Waals surface area contributed by atoms with Crippen molar-refractivity contribution in [3.05, 3.63) is 39.3 Å². The lowest BCUT2D eigenvalue weighted by Crippen LogP contribution is -1.96. The predicted molar refractivity (Wildman–Crippen MR) is 56.6 cm³/mol. The molecule has 5 heteroatoms. The van der Waals surface area contributed by atoms with E-state index in [1.54, 1.807) is 17.1 Å². The smallest absolute Gasteiger partial charge is 0.109 e. The Bertz CT molecular complexity index is 437. The molecule has 14 heavy (non-hydrogen) atoms. The molecule has 0 amide bonds. The van der Waals surface area contributed by atoms with Crippen LogP contribution in [-0.2, 0) is 7.05 Å². The van der Waals surface area contributed by atoms with Crippen molar-refractivity contribution < 1.29 is 5.11 Å². The molecule has 3 nitrogen and oxygen atoms in total. The van der Waals surface area contributed by atoms with Crippen LogP contribution in [0.3, 0.4) is 0 Å². The lowest BCUT2D eigenvalue weighted by atomic mass is 10.1. The molecule has 0 radical (unpaired) electrons. The third-order valence-electron chi connectivity index (χ3n) is 1.98. The molecule has 74 valence electrons. The summed E-state index contributed by atoms with van der Waals surface area (Å²) in [5, 5.41) is 15.8. The number of hydrogen-bond donors (Lipinski definition) is 1. The van der Waals surface area contributed by atoms with Gasteiger partial charge in [-0.3, -0.25) is 4.68 Å². The lowest BCUT2D eigenvalue weighted by Gasteiger charge is -2.06. The molecular weight excluding hydrogens is 220 g/mol. The van der Waals surface area contributed by atoms with Crippen LogP contribution in [0.25, 0.3) is 0 Å². The molecule has 1 N–H and O–H groups in total. The molecule has 0 aliphatic rings. The van der Waals surface area contributed by atoms with Crippen molar-refractivity contribution in [2.24, 2.45) is 7.05 Å². The molecule has 2 aromatic heterocycles. The molecule has 0 saturated heterocycles.